The Morgan fingerprint density at radius 1 is 1.62 bits per heavy atom. The fourth-order valence-electron chi connectivity index (χ4n) is 0.982. The Kier molecular flexibility index (Phi) is 2.92. The Bertz CT molecular complexity index is 369. The van der Waals surface area contributed by atoms with Crippen molar-refractivity contribution < 1.29 is 8.42 Å². The molecule has 1 heterocycles. The lowest BCUT2D eigenvalue weighted by Gasteiger charge is -2.05. The first kappa shape index (κ1) is 10.0. The van der Waals surface area contributed by atoms with Gasteiger partial charge in [0.1, 0.15) is 9.84 Å². The highest BCUT2D eigenvalue weighted by Gasteiger charge is 2.04. The van der Waals surface area contributed by atoms with E-state index in [1.165, 1.54) is 6.26 Å². The molecule has 74 valence electrons. The Balaban J connectivity index is 2.64. The van der Waals surface area contributed by atoms with Gasteiger partial charge in [0.2, 0.25) is 5.95 Å². The van der Waals surface area contributed by atoms with E-state index >= 15 is 0 Å². The number of nitrogens with zero attached hydrogens (tertiary/aromatic N) is 2. The van der Waals surface area contributed by atoms with Crippen LogP contribution in [0.5, 0.6) is 0 Å². The third-order valence-corrected chi connectivity index (χ3v) is 2.57. The molecule has 0 aromatic carbocycles. The number of hydrogen-bond acceptors (Lipinski definition) is 4. The first-order valence-electron chi connectivity index (χ1n) is 3.89. The van der Waals surface area contributed by atoms with E-state index in [1.54, 1.807) is 24.0 Å². The Morgan fingerprint density at radius 2 is 2.31 bits per heavy atom. The highest BCUT2D eigenvalue weighted by Crippen LogP contribution is 2.02. The average Bonchev–Trinajstić information content (AvgIpc) is 2.46. The van der Waals surface area contributed by atoms with Crippen LogP contribution in [0.4, 0.5) is 5.95 Å². The van der Waals surface area contributed by atoms with E-state index in [9.17, 15) is 8.42 Å². The van der Waals surface area contributed by atoms with Crippen LogP contribution in [0, 0.1) is 0 Å². The maximum Gasteiger partial charge on any atom is 0.202 e. The summed E-state index contributed by atoms with van der Waals surface area (Å²) < 4.78 is 23.5. The van der Waals surface area contributed by atoms with Gasteiger partial charge in [-0.25, -0.2) is 13.4 Å². The molecule has 0 unspecified atom stereocenters. The molecule has 0 aliphatic carbocycles. The van der Waals surface area contributed by atoms with Gasteiger partial charge >= 0.3 is 0 Å². The van der Waals surface area contributed by atoms with Crippen molar-refractivity contribution in [3.05, 3.63) is 12.4 Å². The van der Waals surface area contributed by atoms with Crippen molar-refractivity contribution in [2.24, 2.45) is 0 Å². The normalized spacial score (nSPS) is 11.5. The van der Waals surface area contributed by atoms with Crippen molar-refractivity contribution in [2.75, 3.05) is 24.4 Å². The summed E-state index contributed by atoms with van der Waals surface area (Å²) >= 11 is 0. The van der Waals surface area contributed by atoms with Gasteiger partial charge in [0, 0.05) is 32.2 Å². The molecule has 1 rings (SSSR count). The molecule has 6 heteroatoms. The van der Waals surface area contributed by atoms with Gasteiger partial charge < -0.3 is 9.88 Å². The summed E-state index contributed by atoms with van der Waals surface area (Å²) in [7, 11) is -1.15. The standard InChI is InChI=1S/C7H13N3O2S/c1-8-7-9-3-4-10(7)5-6-13(2,11)12/h3-4H,5-6H2,1-2H3,(H,8,9). The number of hydrogen-bond donors (Lipinski definition) is 1. The second kappa shape index (κ2) is 3.78. The SMILES string of the molecule is CNc1nccn1CCS(C)(=O)=O. The lowest BCUT2D eigenvalue weighted by molar-refractivity contribution is 0.595. The molecular formula is C7H13N3O2S. The minimum atomic E-state index is -2.90. The van der Waals surface area contributed by atoms with Crippen molar-refractivity contribution in [1.29, 1.82) is 0 Å². The van der Waals surface area contributed by atoms with E-state index in [0.29, 0.717) is 12.5 Å². The summed E-state index contributed by atoms with van der Waals surface area (Å²) in [5.41, 5.74) is 0. The Hall–Kier alpha value is -1.04. The monoisotopic (exact) mass is 203 g/mol. The van der Waals surface area contributed by atoms with Crippen LogP contribution in [0.15, 0.2) is 12.4 Å². The van der Waals surface area contributed by atoms with Gasteiger partial charge in [0.05, 0.1) is 5.75 Å². The van der Waals surface area contributed by atoms with Gasteiger partial charge in [-0.2, -0.15) is 0 Å². The molecular weight excluding hydrogens is 190 g/mol. The third-order valence-electron chi connectivity index (χ3n) is 1.64. The molecule has 0 atom stereocenters. The number of anilines is 1. The molecule has 0 saturated heterocycles. The summed E-state index contributed by atoms with van der Waals surface area (Å²) in [5, 5.41) is 2.87. The van der Waals surface area contributed by atoms with Crippen LogP contribution in [-0.4, -0.2) is 37.0 Å². The van der Waals surface area contributed by atoms with E-state index in [-0.39, 0.29) is 5.75 Å². The fraction of sp³-hybridized carbons (Fsp3) is 0.571. The number of rotatable bonds is 4. The number of imidazole rings is 1. The minimum absolute atomic E-state index is 0.137. The molecule has 0 spiro atoms. The third kappa shape index (κ3) is 3.06. The highest BCUT2D eigenvalue weighted by atomic mass is 32.2. The van der Waals surface area contributed by atoms with Gasteiger partial charge in [-0.05, 0) is 0 Å². The van der Waals surface area contributed by atoms with E-state index < -0.39 is 9.84 Å². The van der Waals surface area contributed by atoms with Crippen LogP contribution in [-0.2, 0) is 16.4 Å². The predicted molar refractivity (Wildman–Crippen MR) is 51.5 cm³/mol. The molecule has 1 aromatic heterocycles. The van der Waals surface area contributed by atoms with Gasteiger partial charge in [-0.1, -0.05) is 0 Å². The van der Waals surface area contributed by atoms with E-state index in [1.807, 2.05) is 0 Å². The molecule has 0 aliphatic rings. The second-order valence-corrected chi connectivity index (χ2v) is 5.08. The van der Waals surface area contributed by atoms with Crippen molar-refractivity contribution >= 4 is 15.8 Å². The largest absolute Gasteiger partial charge is 0.359 e. The number of aryl methyl sites for hydroxylation is 1. The van der Waals surface area contributed by atoms with Gasteiger partial charge in [0.25, 0.3) is 0 Å². The summed E-state index contributed by atoms with van der Waals surface area (Å²) in [4.78, 5) is 3.99. The Morgan fingerprint density at radius 3 is 2.85 bits per heavy atom. The smallest absolute Gasteiger partial charge is 0.202 e. The van der Waals surface area contributed by atoms with Gasteiger partial charge in [-0.15, -0.1) is 0 Å². The van der Waals surface area contributed by atoms with Crippen LogP contribution >= 0.6 is 0 Å². The summed E-state index contributed by atoms with van der Waals surface area (Å²) in [6.45, 7) is 0.439. The number of sulfone groups is 1. The zero-order valence-electron chi connectivity index (χ0n) is 7.69. The van der Waals surface area contributed by atoms with Gasteiger partial charge in [-0.3, -0.25) is 0 Å². The predicted octanol–water partition coefficient (Wildman–Crippen LogP) is -0.0306. The molecule has 0 amide bonds. The first-order valence-corrected chi connectivity index (χ1v) is 5.95. The quantitative estimate of drug-likeness (QED) is 0.746. The average molecular weight is 203 g/mol. The summed E-state index contributed by atoms with van der Waals surface area (Å²) in [6.07, 6.45) is 4.61. The van der Waals surface area contributed by atoms with E-state index in [2.05, 4.69) is 10.3 Å². The molecule has 0 saturated carbocycles. The van der Waals surface area contributed by atoms with Crippen LogP contribution in [0.25, 0.3) is 0 Å². The maximum absolute atomic E-state index is 10.9. The van der Waals surface area contributed by atoms with Crippen LogP contribution in [0.1, 0.15) is 0 Å². The molecule has 1 N–H and O–H groups in total. The van der Waals surface area contributed by atoms with Crippen LogP contribution < -0.4 is 5.32 Å². The number of nitrogens with one attached hydrogen (secondary N) is 1. The maximum atomic E-state index is 10.9. The molecule has 0 aliphatic heterocycles. The van der Waals surface area contributed by atoms with E-state index in [4.69, 9.17) is 0 Å². The summed E-state index contributed by atoms with van der Waals surface area (Å²) in [5.74, 6) is 0.821. The van der Waals surface area contributed by atoms with Crippen LogP contribution in [0.2, 0.25) is 0 Å². The topological polar surface area (TPSA) is 64.0 Å². The van der Waals surface area contributed by atoms with Crippen LogP contribution in [0.3, 0.4) is 0 Å². The molecule has 5 nitrogen and oxygen atoms in total. The fourth-order valence-corrected chi connectivity index (χ4v) is 1.51. The van der Waals surface area contributed by atoms with Crippen molar-refractivity contribution in [2.45, 2.75) is 6.54 Å². The first-order chi connectivity index (χ1) is 6.03. The highest BCUT2D eigenvalue weighted by molar-refractivity contribution is 7.90. The lowest BCUT2D eigenvalue weighted by Crippen LogP contribution is -2.12. The van der Waals surface area contributed by atoms with Crippen molar-refractivity contribution in [3.63, 3.8) is 0 Å². The van der Waals surface area contributed by atoms with Crippen molar-refractivity contribution in [1.82, 2.24) is 9.55 Å². The van der Waals surface area contributed by atoms with E-state index in [0.717, 1.165) is 0 Å². The molecule has 0 radical (unpaired) electrons. The summed E-state index contributed by atoms with van der Waals surface area (Å²) in [6, 6.07) is 0. The lowest BCUT2D eigenvalue weighted by atomic mass is 10.7. The second-order valence-electron chi connectivity index (χ2n) is 2.82. The molecule has 0 fully saturated rings. The zero-order chi connectivity index (χ0) is 9.90. The number of aromatic nitrogens is 2. The van der Waals surface area contributed by atoms with Crippen molar-refractivity contribution in [3.8, 4) is 0 Å². The van der Waals surface area contributed by atoms with Gasteiger partial charge in [0.15, 0.2) is 0 Å². The molecule has 0 bridgehead atoms. The molecule has 1 aromatic rings. The zero-order valence-corrected chi connectivity index (χ0v) is 8.50. The Labute approximate surface area is 77.7 Å². The molecule has 13 heavy (non-hydrogen) atoms. The minimum Gasteiger partial charge on any atom is -0.359 e.